The molecule has 0 heterocycles. The van der Waals surface area contributed by atoms with Crippen molar-refractivity contribution in [2.45, 2.75) is 72.1 Å². The van der Waals surface area contributed by atoms with Crippen LogP contribution in [0.1, 0.15) is 72.1 Å². The van der Waals surface area contributed by atoms with E-state index in [1.165, 1.54) is 64.5 Å². The predicted molar refractivity (Wildman–Crippen MR) is 73.9 cm³/mol. The average Bonchev–Trinajstić information content (AvgIpc) is 2.28. The number of hydrogen-bond donors (Lipinski definition) is 2. The first-order valence-corrected chi connectivity index (χ1v) is 7.14. The van der Waals surface area contributed by atoms with Gasteiger partial charge in [-0.15, -0.1) is 0 Å². The van der Waals surface area contributed by atoms with Crippen molar-refractivity contribution in [2.24, 2.45) is 0 Å². The first kappa shape index (κ1) is 18.3. The van der Waals surface area contributed by atoms with Crippen molar-refractivity contribution in [1.29, 1.82) is 0 Å². The highest BCUT2D eigenvalue weighted by Gasteiger charge is 1.89. The second kappa shape index (κ2) is 20.3. The topological polar surface area (TPSA) is 32.3 Å². The van der Waals surface area contributed by atoms with Crippen LogP contribution in [-0.4, -0.2) is 24.8 Å². The van der Waals surface area contributed by atoms with Gasteiger partial charge >= 0.3 is 0 Å². The van der Waals surface area contributed by atoms with Gasteiger partial charge in [-0.3, -0.25) is 0 Å². The van der Waals surface area contributed by atoms with Gasteiger partial charge in [0.2, 0.25) is 0 Å². The monoisotopic (exact) mass is 231 g/mol. The van der Waals surface area contributed by atoms with E-state index in [0.717, 1.165) is 0 Å². The number of aliphatic hydroxyl groups excluding tert-OH is 1. The minimum atomic E-state index is 0.250. The summed E-state index contributed by atoms with van der Waals surface area (Å²) < 4.78 is 0. The van der Waals surface area contributed by atoms with E-state index >= 15 is 0 Å². The molecule has 100 valence electrons. The highest BCUT2D eigenvalue weighted by Crippen LogP contribution is 1.98. The van der Waals surface area contributed by atoms with Gasteiger partial charge in [-0.2, -0.15) is 0 Å². The quantitative estimate of drug-likeness (QED) is 0.561. The molecule has 0 spiro atoms. The van der Waals surface area contributed by atoms with Crippen LogP contribution in [0.25, 0.3) is 0 Å². The molecule has 0 radical (unpaired) electrons. The fourth-order valence-corrected chi connectivity index (χ4v) is 1.48. The molecule has 0 bridgehead atoms. The first-order chi connectivity index (χ1) is 7.83. The number of rotatable bonds is 10. The number of aliphatic hydroxyl groups is 1. The van der Waals surface area contributed by atoms with Gasteiger partial charge in [0.25, 0.3) is 0 Å². The first-order valence-electron chi connectivity index (χ1n) is 7.14. The molecule has 2 nitrogen and oxygen atoms in total. The molecule has 2 heteroatoms. The number of nitrogens with one attached hydrogen (secondary N) is 1. The Morgan fingerprint density at radius 1 is 0.688 bits per heavy atom. The molecule has 0 unspecified atom stereocenters. The highest BCUT2D eigenvalue weighted by molar-refractivity contribution is 4.49. The van der Waals surface area contributed by atoms with Crippen molar-refractivity contribution in [1.82, 2.24) is 5.32 Å². The van der Waals surface area contributed by atoms with Crippen LogP contribution < -0.4 is 5.32 Å². The van der Waals surface area contributed by atoms with Crippen molar-refractivity contribution < 1.29 is 5.11 Å². The van der Waals surface area contributed by atoms with Crippen molar-refractivity contribution in [3.8, 4) is 0 Å². The standard InChI is InChI=1S/C12H27N.C2H6O/c1-3-5-7-9-11-13-12-10-8-6-4-2;1-2-3/h13H,3-12H2,1-2H3;3H,2H2,1H3. The Balaban J connectivity index is 0. The minimum absolute atomic E-state index is 0.250. The Morgan fingerprint density at radius 2 is 1.06 bits per heavy atom. The Kier molecular flexibility index (Phi) is 23.3. The normalized spacial score (nSPS) is 9.75. The lowest BCUT2D eigenvalue weighted by Crippen LogP contribution is -2.16. The summed E-state index contributed by atoms with van der Waals surface area (Å²) in [5, 5.41) is 11.1. The Hall–Kier alpha value is -0.0800. The molecule has 0 aromatic carbocycles. The maximum absolute atomic E-state index is 7.57. The molecule has 0 aliphatic heterocycles. The van der Waals surface area contributed by atoms with Gasteiger partial charge in [-0.25, -0.2) is 0 Å². The Bertz CT molecular complexity index is 86.7. The molecular formula is C14H33NO. The molecule has 0 aliphatic rings. The molecule has 0 fully saturated rings. The van der Waals surface area contributed by atoms with Crippen molar-refractivity contribution in [3.05, 3.63) is 0 Å². The zero-order valence-corrected chi connectivity index (χ0v) is 11.7. The van der Waals surface area contributed by atoms with Crippen molar-refractivity contribution >= 4 is 0 Å². The lowest BCUT2D eigenvalue weighted by molar-refractivity contribution is 0.318. The zero-order valence-electron chi connectivity index (χ0n) is 11.7. The molecular weight excluding hydrogens is 198 g/mol. The van der Waals surface area contributed by atoms with E-state index in [0.29, 0.717) is 0 Å². The molecule has 0 saturated heterocycles. The van der Waals surface area contributed by atoms with Gasteiger partial charge in [-0.1, -0.05) is 52.4 Å². The van der Waals surface area contributed by atoms with Gasteiger partial charge in [0.1, 0.15) is 0 Å². The SMILES string of the molecule is CCCCCCNCCCCCC.CCO. The van der Waals surface area contributed by atoms with E-state index in [9.17, 15) is 0 Å². The predicted octanol–water partition coefficient (Wildman–Crippen LogP) is 3.74. The van der Waals surface area contributed by atoms with Gasteiger partial charge in [0.05, 0.1) is 0 Å². The summed E-state index contributed by atoms with van der Waals surface area (Å²) >= 11 is 0. The lowest BCUT2D eigenvalue weighted by Gasteiger charge is -2.03. The molecule has 0 aliphatic carbocycles. The molecule has 2 N–H and O–H groups in total. The molecule has 0 rings (SSSR count). The molecule has 0 amide bonds. The summed E-state index contributed by atoms with van der Waals surface area (Å²) in [4.78, 5) is 0. The van der Waals surface area contributed by atoms with E-state index in [4.69, 9.17) is 5.11 Å². The summed E-state index contributed by atoms with van der Waals surface area (Å²) in [5.74, 6) is 0. The van der Waals surface area contributed by atoms with E-state index < -0.39 is 0 Å². The molecule has 0 aromatic rings. The van der Waals surface area contributed by atoms with Crippen LogP contribution in [0.2, 0.25) is 0 Å². The number of unbranched alkanes of at least 4 members (excludes halogenated alkanes) is 6. The van der Waals surface area contributed by atoms with Gasteiger partial charge < -0.3 is 10.4 Å². The summed E-state index contributed by atoms with van der Waals surface area (Å²) in [6.45, 7) is 8.91. The van der Waals surface area contributed by atoms with Crippen LogP contribution >= 0.6 is 0 Å². The lowest BCUT2D eigenvalue weighted by atomic mass is 10.2. The van der Waals surface area contributed by atoms with E-state index in [2.05, 4.69) is 19.2 Å². The zero-order chi connectivity index (χ0) is 12.5. The smallest absolute Gasteiger partial charge is 0.0402 e. The van der Waals surface area contributed by atoms with Crippen LogP contribution in [0.3, 0.4) is 0 Å². The van der Waals surface area contributed by atoms with Crippen LogP contribution in [0, 0.1) is 0 Å². The summed E-state index contributed by atoms with van der Waals surface area (Å²) in [7, 11) is 0. The van der Waals surface area contributed by atoms with Crippen LogP contribution in [0.4, 0.5) is 0 Å². The second-order valence-corrected chi connectivity index (χ2v) is 4.19. The largest absolute Gasteiger partial charge is 0.397 e. The fraction of sp³-hybridized carbons (Fsp3) is 1.00. The van der Waals surface area contributed by atoms with E-state index in [-0.39, 0.29) is 6.61 Å². The summed E-state index contributed by atoms with van der Waals surface area (Å²) in [5.41, 5.74) is 0. The molecule has 0 atom stereocenters. The maximum Gasteiger partial charge on any atom is 0.0402 e. The third-order valence-corrected chi connectivity index (χ3v) is 2.41. The maximum atomic E-state index is 7.57. The van der Waals surface area contributed by atoms with Crippen LogP contribution in [0.5, 0.6) is 0 Å². The van der Waals surface area contributed by atoms with E-state index in [1.807, 2.05) is 0 Å². The summed E-state index contributed by atoms with van der Waals surface area (Å²) in [6.07, 6.45) is 11.0. The van der Waals surface area contributed by atoms with Crippen LogP contribution in [0.15, 0.2) is 0 Å². The third kappa shape index (κ3) is 23.6. The summed E-state index contributed by atoms with van der Waals surface area (Å²) in [6, 6.07) is 0. The Labute approximate surface area is 103 Å². The third-order valence-electron chi connectivity index (χ3n) is 2.41. The van der Waals surface area contributed by atoms with Gasteiger partial charge in [0, 0.05) is 6.61 Å². The fourth-order valence-electron chi connectivity index (χ4n) is 1.48. The van der Waals surface area contributed by atoms with Crippen LogP contribution in [-0.2, 0) is 0 Å². The molecule has 16 heavy (non-hydrogen) atoms. The minimum Gasteiger partial charge on any atom is -0.397 e. The number of hydrogen-bond acceptors (Lipinski definition) is 2. The highest BCUT2D eigenvalue weighted by atomic mass is 16.2. The molecule has 0 aromatic heterocycles. The van der Waals surface area contributed by atoms with Gasteiger partial charge in [-0.05, 0) is 32.9 Å². The second-order valence-electron chi connectivity index (χ2n) is 4.19. The average molecular weight is 231 g/mol. The molecule has 0 saturated carbocycles. The van der Waals surface area contributed by atoms with Gasteiger partial charge in [0.15, 0.2) is 0 Å². The van der Waals surface area contributed by atoms with Crippen molar-refractivity contribution in [3.63, 3.8) is 0 Å². The van der Waals surface area contributed by atoms with E-state index in [1.54, 1.807) is 6.92 Å². The van der Waals surface area contributed by atoms with Crippen molar-refractivity contribution in [2.75, 3.05) is 19.7 Å². The Morgan fingerprint density at radius 3 is 1.38 bits per heavy atom.